The lowest BCUT2D eigenvalue weighted by Crippen LogP contribution is -2.09. The highest BCUT2D eigenvalue weighted by Crippen LogP contribution is 2.09. The zero-order valence-electron chi connectivity index (χ0n) is 9.98. The molecular formula is C14H11F2NO2. The number of carbonyl (C=O) groups is 1. The second-order valence-electron chi connectivity index (χ2n) is 3.91. The Bertz CT molecular complexity index is 553. The molecule has 1 aromatic heterocycles. The minimum atomic E-state index is -0.806. The van der Waals surface area contributed by atoms with Crippen molar-refractivity contribution in [2.75, 3.05) is 6.61 Å². The van der Waals surface area contributed by atoms with E-state index in [2.05, 4.69) is 4.98 Å². The standard InChI is InChI=1S/C14H11F2NO2/c15-12-6-11(7-13(16)8-12)14(18)19-5-3-10-2-1-4-17-9-10/h1-2,4,6-9H,3,5H2. The van der Waals surface area contributed by atoms with E-state index in [9.17, 15) is 13.6 Å². The number of hydrogen-bond donors (Lipinski definition) is 0. The average Bonchev–Trinajstić information content (AvgIpc) is 2.38. The van der Waals surface area contributed by atoms with Crippen molar-refractivity contribution in [2.24, 2.45) is 0 Å². The zero-order valence-corrected chi connectivity index (χ0v) is 9.98. The van der Waals surface area contributed by atoms with Crippen molar-refractivity contribution in [3.63, 3.8) is 0 Å². The Morgan fingerprint density at radius 1 is 1.21 bits per heavy atom. The van der Waals surface area contributed by atoms with E-state index in [1.165, 1.54) is 0 Å². The van der Waals surface area contributed by atoms with Gasteiger partial charge in [-0.2, -0.15) is 0 Å². The first-order valence-electron chi connectivity index (χ1n) is 5.67. The summed E-state index contributed by atoms with van der Waals surface area (Å²) in [7, 11) is 0. The predicted molar refractivity (Wildman–Crippen MR) is 64.6 cm³/mol. The van der Waals surface area contributed by atoms with Gasteiger partial charge in [0, 0.05) is 24.9 Å². The summed E-state index contributed by atoms with van der Waals surface area (Å²) in [5.74, 6) is -2.36. The quantitative estimate of drug-likeness (QED) is 0.796. The molecule has 0 amide bonds. The van der Waals surface area contributed by atoms with Gasteiger partial charge in [-0.1, -0.05) is 6.07 Å². The van der Waals surface area contributed by atoms with Gasteiger partial charge < -0.3 is 4.74 Å². The van der Waals surface area contributed by atoms with Gasteiger partial charge in [0.1, 0.15) is 11.6 Å². The molecule has 0 N–H and O–H groups in total. The lowest BCUT2D eigenvalue weighted by atomic mass is 10.2. The highest BCUT2D eigenvalue weighted by molar-refractivity contribution is 5.89. The Kier molecular flexibility index (Phi) is 4.18. The van der Waals surface area contributed by atoms with E-state index in [-0.39, 0.29) is 12.2 Å². The summed E-state index contributed by atoms with van der Waals surface area (Å²) < 4.78 is 30.8. The molecule has 0 atom stereocenters. The normalized spacial score (nSPS) is 10.2. The summed E-state index contributed by atoms with van der Waals surface area (Å²) in [6.45, 7) is 0.128. The maximum absolute atomic E-state index is 12.9. The lowest BCUT2D eigenvalue weighted by Gasteiger charge is -2.05. The van der Waals surface area contributed by atoms with Gasteiger partial charge in [-0.15, -0.1) is 0 Å². The minimum Gasteiger partial charge on any atom is -0.462 e. The molecule has 1 aromatic carbocycles. The molecule has 0 aliphatic carbocycles. The van der Waals surface area contributed by atoms with E-state index < -0.39 is 17.6 Å². The topological polar surface area (TPSA) is 39.2 Å². The van der Waals surface area contributed by atoms with Crippen molar-refractivity contribution in [3.8, 4) is 0 Å². The second-order valence-corrected chi connectivity index (χ2v) is 3.91. The molecule has 0 saturated heterocycles. The number of ether oxygens (including phenoxy) is 1. The molecule has 2 aromatic rings. The molecule has 98 valence electrons. The Labute approximate surface area is 108 Å². The van der Waals surface area contributed by atoms with Crippen LogP contribution in [0.1, 0.15) is 15.9 Å². The Morgan fingerprint density at radius 3 is 2.58 bits per heavy atom. The van der Waals surface area contributed by atoms with Crippen molar-refractivity contribution in [1.82, 2.24) is 4.98 Å². The highest BCUT2D eigenvalue weighted by Gasteiger charge is 2.10. The average molecular weight is 263 g/mol. The molecule has 0 aliphatic rings. The fraction of sp³-hybridized carbons (Fsp3) is 0.143. The Morgan fingerprint density at radius 2 is 1.95 bits per heavy atom. The first-order chi connectivity index (χ1) is 9.15. The molecular weight excluding hydrogens is 252 g/mol. The van der Waals surface area contributed by atoms with Gasteiger partial charge in [0.2, 0.25) is 0 Å². The summed E-state index contributed by atoms with van der Waals surface area (Å²) >= 11 is 0. The minimum absolute atomic E-state index is 0.128. The molecule has 0 saturated carbocycles. The number of halogens is 2. The monoisotopic (exact) mass is 263 g/mol. The molecule has 0 aliphatic heterocycles. The van der Waals surface area contributed by atoms with Crippen LogP contribution in [0.25, 0.3) is 0 Å². The maximum atomic E-state index is 12.9. The van der Waals surface area contributed by atoms with Crippen LogP contribution in [0, 0.1) is 11.6 Å². The van der Waals surface area contributed by atoms with Crippen molar-refractivity contribution < 1.29 is 18.3 Å². The van der Waals surface area contributed by atoms with E-state index in [0.29, 0.717) is 12.5 Å². The van der Waals surface area contributed by atoms with Crippen molar-refractivity contribution in [2.45, 2.75) is 6.42 Å². The molecule has 0 unspecified atom stereocenters. The van der Waals surface area contributed by atoms with Gasteiger partial charge in [0.05, 0.1) is 12.2 Å². The molecule has 5 heteroatoms. The van der Waals surface area contributed by atoms with E-state index >= 15 is 0 Å². The summed E-state index contributed by atoms with van der Waals surface area (Å²) in [6, 6.07) is 6.21. The molecule has 0 radical (unpaired) electrons. The number of nitrogens with zero attached hydrogens (tertiary/aromatic N) is 1. The third-order valence-electron chi connectivity index (χ3n) is 2.44. The molecule has 0 fully saturated rings. The summed E-state index contributed by atoms with van der Waals surface area (Å²) in [4.78, 5) is 15.5. The Hall–Kier alpha value is -2.30. The van der Waals surface area contributed by atoms with Crippen LogP contribution in [-0.2, 0) is 11.2 Å². The molecule has 0 bridgehead atoms. The van der Waals surface area contributed by atoms with Gasteiger partial charge in [0.25, 0.3) is 0 Å². The maximum Gasteiger partial charge on any atom is 0.338 e. The van der Waals surface area contributed by atoms with Crippen LogP contribution in [0.3, 0.4) is 0 Å². The molecule has 2 rings (SSSR count). The van der Waals surface area contributed by atoms with Crippen LogP contribution < -0.4 is 0 Å². The second kappa shape index (κ2) is 6.04. The molecule has 0 spiro atoms. The predicted octanol–water partition coefficient (Wildman–Crippen LogP) is 2.76. The fourth-order valence-corrected chi connectivity index (χ4v) is 1.56. The van der Waals surface area contributed by atoms with Gasteiger partial charge in [-0.3, -0.25) is 4.98 Å². The van der Waals surface area contributed by atoms with Crippen molar-refractivity contribution >= 4 is 5.97 Å². The summed E-state index contributed by atoms with van der Waals surface area (Å²) in [5.41, 5.74) is 0.782. The summed E-state index contributed by atoms with van der Waals surface area (Å²) in [5, 5.41) is 0. The molecule has 19 heavy (non-hydrogen) atoms. The first-order valence-corrected chi connectivity index (χ1v) is 5.67. The number of rotatable bonds is 4. The zero-order chi connectivity index (χ0) is 13.7. The van der Waals surface area contributed by atoms with Gasteiger partial charge in [-0.25, -0.2) is 13.6 Å². The van der Waals surface area contributed by atoms with Crippen LogP contribution in [0.5, 0.6) is 0 Å². The number of aromatic nitrogens is 1. The van der Waals surface area contributed by atoms with Gasteiger partial charge in [0.15, 0.2) is 0 Å². The van der Waals surface area contributed by atoms with Crippen LogP contribution in [0.4, 0.5) is 8.78 Å². The van der Waals surface area contributed by atoms with Crippen molar-refractivity contribution in [3.05, 3.63) is 65.5 Å². The third kappa shape index (κ3) is 3.84. The Balaban J connectivity index is 1.91. The van der Waals surface area contributed by atoms with E-state index in [1.54, 1.807) is 18.5 Å². The van der Waals surface area contributed by atoms with Crippen molar-refractivity contribution in [1.29, 1.82) is 0 Å². The number of carbonyl (C=O) groups excluding carboxylic acids is 1. The number of esters is 1. The number of hydrogen-bond acceptors (Lipinski definition) is 3. The smallest absolute Gasteiger partial charge is 0.338 e. The highest BCUT2D eigenvalue weighted by atomic mass is 19.1. The SMILES string of the molecule is O=C(OCCc1cccnc1)c1cc(F)cc(F)c1. The van der Waals surface area contributed by atoms with E-state index in [0.717, 1.165) is 17.7 Å². The summed E-state index contributed by atoms with van der Waals surface area (Å²) in [6.07, 6.45) is 3.80. The molecule has 1 heterocycles. The third-order valence-corrected chi connectivity index (χ3v) is 2.44. The van der Waals surface area contributed by atoms with E-state index in [1.807, 2.05) is 6.07 Å². The van der Waals surface area contributed by atoms with E-state index in [4.69, 9.17) is 4.74 Å². The largest absolute Gasteiger partial charge is 0.462 e. The molecule has 3 nitrogen and oxygen atoms in total. The van der Waals surface area contributed by atoms with Crippen LogP contribution >= 0.6 is 0 Å². The van der Waals surface area contributed by atoms with Crippen LogP contribution in [-0.4, -0.2) is 17.6 Å². The van der Waals surface area contributed by atoms with Gasteiger partial charge >= 0.3 is 5.97 Å². The van der Waals surface area contributed by atoms with Crippen LogP contribution in [0.15, 0.2) is 42.7 Å². The fourth-order valence-electron chi connectivity index (χ4n) is 1.56. The van der Waals surface area contributed by atoms with Crippen LogP contribution in [0.2, 0.25) is 0 Å². The lowest BCUT2D eigenvalue weighted by molar-refractivity contribution is 0.0508. The number of pyridine rings is 1. The number of benzene rings is 1. The first kappa shape index (κ1) is 13.1. The van der Waals surface area contributed by atoms with Gasteiger partial charge in [-0.05, 0) is 23.8 Å².